The van der Waals surface area contributed by atoms with E-state index in [9.17, 15) is 19.5 Å². The third-order valence-electron chi connectivity index (χ3n) is 5.19. The second-order valence-corrected chi connectivity index (χ2v) is 8.72. The summed E-state index contributed by atoms with van der Waals surface area (Å²) < 4.78 is 5.37. The number of carboxylic acids is 1. The first-order chi connectivity index (χ1) is 13.9. The maximum atomic E-state index is 13.3. The number of nitrogens with two attached hydrogens (primary N) is 1. The summed E-state index contributed by atoms with van der Waals surface area (Å²) in [7, 11) is 0. The van der Waals surface area contributed by atoms with Gasteiger partial charge in [-0.05, 0) is 50.6 Å². The largest absolute Gasteiger partial charge is 0.479 e. The highest BCUT2D eigenvalue weighted by atomic mass is 16.6. The Labute approximate surface area is 175 Å². The van der Waals surface area contributed by atoms with Crippen molar-refractivity contribution < 1.29 is 24.2 Å². The SMILES string of the molecule is CC(C)(C)OC(=O)N1CCN(C(=O)c2cc3ccccc3cc2N)[C@](C)(C(=O)O)C1. The number of rotatable bonds is 2. The number of carbonyl (C=O) groups is 3. The Kier molecular flexibility index (Phi) is 5.36. The summed E-state index contributed by atoms with van der Waals surface area (Å²) in [5.74, 6) is -1.68. The molecule has 1 aliphatic heterocycles. The number of hydrogen-bond donors (Lipinski definition) is 2. The maximum absolute atomic E-state index is 13.3. The van der Waals surface area contributed by atoms with Crippen LogP contribution < -0.4 is 5.73 Å². The Morgan fingerprint density at radius 1 is 1.10 bits per heavy atom. The van der Waals surface area contributed by atoms with Crippen LogP contribution in [0, 0.1) is 0 Å². The summed E-state index contributed by atoms with van der Waals surface area (Å²) in [4.78, 5) is 40.6. The summed E-state index contributed by atoms with van der Waals surface area (Å²) >= 11 is 0. The average Bonchev–Trinajstić information content (AvgIpc) is 2.65. The number of amides is 2. The number of anilines is 1. The molecular formula is C22H27N3O5. The van der Waals surface area contributed by atoms with E-state index in [1.54, 1.807) is 32.9 Å². The van der Waals surface area contributed by atoms with E-state index < -0.39 is 29.1 Å². The van der Waals surface area contributed by atoms with E-state index >= 15 is 0 Å². The first-order valence-corrected chi connectivity index (χ1v) is 9.74. The van der Waals surface area contributed by atoms with Crippen molar-refractivity contribution >= 4 is 34.4 Å². The van der Waals surface area contributed by atoms with Crippen molar-refractivity contribution in [3.05, 3.63) is 42.0 Å². The molecule has 3 rings (SSSR count). The molecule has 2 aromatic rings. The Bertz CT molecular complexity index is 1010. The molecule has 2 amide bonds. The smallest absolute Gasteiger partial charge is 0.410 e. The van der Waals surface area contributed by atoms with Crippen molar-refractivity contribution in [2.45, 2.75) is 38.8 Å². The predicted octanol–water partition coefficient (Wildman–Crippen LogP) is 2.96. The fourth-order valence-corrected chi connectivity index (χ4v) is 3.58. The summed E-state index contributed by atoms with van der Waals surface area (Å²) in [5, 5.41) is 11.7. The van der Waals surface area contributed by atoms with Gasteiger partial charge in [0.25, 0.3) is 5.91 Å². The number of carboxylic acid groups (broad SMARTS) is 1. The van der Waals surface area contributed by atoms with Gasteiger partial charge in [-0.2, -0.15) is 0 Å². The van der Waals surface area contributed by atoms with Gasteiger partial charge in [0.05, 0.1) is 12.1 Å². The highest BCUT2D eigenvalue weighted by Gasteiger charge is 2.48. The van der Waals surface area contributed by atoms with E-state index in [2.05, 4.69) is 0 Å². The summed E-state index contributed by atoms with van der Waals surface area (Å²) in [6, 6.07) is 10.9. The summed E-state index contributed by atoms with van der Waals surface area (Å²) in [6.45, 7) is 6.68. The van der Waals surface area contributed by atoms with Crippen LogP contribution in [-0.2, 0) is 9.53 Å². The Hall–Kier alpha value is -3.29. The van der Waals surface area contributed by atoms with Crippen LogP contribution in [0.15, 0.2) is 36.4 Å². The highest BCUT2D eigenvalue weighted by Crippen LogP contribution is 2.29. The third-order valence-corrected chi connectivity index (χ3v) is 5.19. The second-order valence-electron chi connectivity index (χ2n) is 8.72. The van der Waals surface area contributed by atoms with Gasteiger partial charge in [-0.1, -0.05) is 24.3 Å². The van der Waals surface area contributed by atoms with Crippen LogP contribution in [0.5, 0.6) is 0 Å². The minimum Gasteiger partial charge on any atom is -0.479 e. The van der Waals surface area contributed by atoms with Crippen molar-refractivity contribution in [3.63, 3.8) is 0 Å². The molecule has 3 N–H and O–H groups in total. The van der Waals surface area contributed by atoms with Crippen molar-refractivity contribution in [1.82, 2.24) is 9.80 Å². The van der Waals surface area contributed by atoms with Crippen LogP contribution >= 0.6 is 0 Å². The first-order valence-electron chi connectivity index (χ1n) is 9.74. The van der Waals surface area contributed by atoms with E-state index in [0.29, 0.717) is 0 Å². The van der Waals surface area contributed by atoms with E-state index in [0.717, 1.165) is 10.8 Å². The lowest BCUT2D eigenvalue weighted by Gasteiger charge is -2.46. The van der Waals surface area contributed by atoms with Crippen LogP contribution in [0.4, 0.5) is 10.5 Å². The van der Waals surface area contributed by atoms with Crippen LogP contribution in [0.25, 0.3) is 10.8 Å². The van der Waals surface area contributed by atoms with Crippen molar-refractivity contribution in [3.8, 4) is 0 Å². The molecule has 30 heavy (non-hydrogen) atoms. The van der Waals surface area contributed by atoms with Gasteiger partial charge in [0.1, 0.15) is 5.60 Å². The molecule has 0 bridgehead atoms. The number of fused-ring (bicyclic) bond motifs is 1. The molecule has 0 aromatic heterocycles. The van der Waals surface area contributed by atoms with Crippen molar-refractivity contribution in [1.29, 1.82) is 0 Å². The molecule has 1 atom stereocenters. The lowest BCUT2D eigenvalue weighted by molar-refractivity contribution is -0.152. The molecule has 8 heteroatoms. The van der Waals surface area contributed by atoms with Crippen LogP contribution in [0.3, 0.4) is 0 Å². The predicted molar refractivity (Wildman–Crippen MR) is 113 cm³/mol. The zero-order chi connectivity index (χ0) is 22.3. The van der Waals surface area contributed by atoms with E-state index in [-0.39, 0.29) is 30.9 Å². The van der Waals surface area contributed by atoms with Gasteiger partial charge >= 0.3 is 12.1 Å². The van der Waals surface area contributed by atoms with E-state index in [1.807, 2.05) is 24.3 Å². The standard InChI is InChI=1S/C22H27N3O5/c1-21(2,3)30-20(29)24-9-10-25(22(4,13-24)19(27)28)18(26)16-11-14-7-5-6-8-15(14)12-17(16)23/h5-8,11-12H,9-10,13,23H2,1-4H3,(H,27,28)/t22-/m0/s1. The van der Waals surface area contributed by atoms with Crippen LogP contribution in [-0.4, -0.2) is 63.7 Å². The zero-order valence-electron chi connectivity index (χ0n) is 17.6. The molecular weight excluding hydrogens is 386 g/mol. The van der Waals surface area contributed by atoms with Gasteiger partial charge in [-0.15, -0.1) is 0 Å². The molecule has 160 valence electrons. The number of carbonyl (C=O) groups excluding carboxylic acids is 2. The topological polar surface area (TPSA) is 113 Å². The van der Waals surface area contributed by atoms with Crippen molar-refractivity contribution in [2.75, 3.05) is 25.4 Å². The van der Waals surface area contributed by atoms with Gasteiger partial charge in [-0.25, -0.2) is 9.59 Å². The van der Waals surface area contributed by atoms with E-state index in [4.69, 9.17) is 10.5 Å². The Morgan fingerprint density at radius 2 is 1.70 bits per heavy atom. The number of nitrogen functional groups attached to an aromatic ring is 1. The molecule has 1 saturated heterocycles. The summed E-state index contributed by atoms with van der Waals surface area (Å²) in [6.07, 6.45) is -0.604. The molecule has 0 radical (unpaired) electrons. The number of aliphatic carboxylic acids is 1. The number of nitrogens with zero attached hydrogens (tertiary/aromatic N) is 2. The minimum absolute atomic E-state index is 0.0488. The molecule has 2 aromatic carbocycles. The number of hydrogen-bond acceptors (Lipinski definition) is 5. The third kappa shape index (κ3) is 4.03. The molecule has 8 nitrogen and oxygen atoms in total. The normalized spacial score (nSPS) is 19.6. The Balaban J connectivity index is 1.92. The molecule has 0 spiro atoms. The van der Waals surface area contributed by atoms with Gasteiger partial charge in [0.2, 0.25) is 0 Å². The number of ether oxygens (including phenoxy) is 1. The zero-order valence-corrected chi connectivity index (χ0v) is 17.6. The van der Waals surface area contributed by atoms with Gasteiger partial charge in [0.15, 0.2) is 5.54 Å². The number of piperazine rings is 1. The highest BCUT2D eigenvalue weighted by molar-refractivity contribution is 6.05. The molecule has 0 saturated carbocycles. The number of benzene rings is 2. The molecule has 0 unspecified atom stereocenters. The van der Waals surface area contributed by atoms with Gasteiger partial charge in [0, 0.05) is 18.8 Å². The van der Waals surface area contributed by atoms with Gasteiger partial charge in [-0.3, -0.25) is 4.79 Å². The lowest BCUT2D eigenvalue weighted by Crippen LogP contribution is -2.67. The van der Waals surface area contributed by atoms with Crippen molar-refractivity contribution in [2.24, 2.45) is 0 Å². The monoisotopic (exact) mass is 413 g/mol. The fraction of sp³-hybridized carbons (Fsp3) is 0.409. The molecule has 1 fully saturated rings. The van der Waals surface area contributed by atoms with Crippen LogP contribution in [0.1, 0.15) is 38.1 Å². The average molecular weight is 413 g/mol. The quantitative estimate of drug-likeness (QED) is 0.732. The molecule has 1 heterocycles. The minimum atomic E-state index is -1.62. The fourth-order valence-electron chi connectivity index (χ4n) is 3.58. The maximum Gasteiger partial charge on any atom is 0.410 e. The first kappa shape index (κ1) is 21.4. The molecule has 0 aliphatic carbocycles. The van der Waals surface area contributed by atoms with Crippen LogP contribution in [0.2, 0.25) is 0 Å². The second kappa shape index (κ2) is 7.51. The Morgan fingerprint density at radius 3 is 2.27 bits per heavy atom. The van der Waals surface area contributed by atoms with Gasteiger partial charge < -0.3 is 25.4 Å². The molecule has 1 aliphatic rings. The summed E-state index contributed by atoms with van der Waals surface area (Å²) in [5.41, 5.74) is 4.32. The van der Waals surface area contributed by atoms with E-state index in [1.165, 1.54) is 16.7 Å². The lowest BCUT2D eigenvalue weighted by atomic mass is 9.94.